The average molecular weight is 325 g/mol. The number of aromatic nitrogens is 3. The maximum absolute atomic E-state index is 12.3. The molecule has 0 saturated heterocycles. The summed E-state index contributed by atoms with van der Waals surface area (Å²) in [7, 11) is -0.000884. The lowest BCUT2D eigenvalue weighted by atomic mass is 10.4. The second-order valence-corrected chi connectivity index (χ2v) is 6.86. The van der Waals surface area contributed by atoms with Gasteiger partial charge in [0.1, 0.15) is 22.2 Å². The van der Waals surface area contributed by atoms with Crippen LogP contribution in [0.3, 0.4) is 0 Å². The third-order valence-electron chi connectivity index (χ3n) is 3.00. The molecule has 1 N–H and O–H groups in total. The number of nitrogens with one attached hydrogen (secondary N) is 1. The number of sulfonamides is 1. The van der Waals surface area contributed by atoms with Crippen LogP contribution in [0.5, 0.6) is 0 Å². The fourth-order valence-electron chi connectivity index (χ4n) is 2.01. The first-order valence-electron chi connectivity index (χ1n) is 6.65. The summed E-state index contributed by atoms with van der Waals surface area (Å²) in [5.74, 6) is 1.38. The zero-order chi connectivity index (χ0) is 16.5. The second kappa shape index (κ2) is 6.01. The van der Waals surface area contributed by atoms with Crippen molar-refractivity contribution in [3.8, 4) is 0 Å². The van der Waals surface area contributed by atoms with Gasteiger partial charge in [-0.3, -0.25) is 0 Å². The van der Waals surface area contributed by atoms with Crippen molar-refractivity contribution in [3.63, 3.8) is 0 Å². The Morgan fingerprint density at radius 3 is 2.45 bits per heavy atom. The molecule has 22 heavy (non-hydrogen) atoms. The number of nitrogens with zero attached hydrogens (tertiary/aromatic N) is 4. The molecule has 2 aromatic heterocycles. The lowest BCUT2D eigenvalue weighted by Gasteiger charge is -2.13. The van der Waals surface area contributed by atoms with Crippen molar-refractivity contribution in [2.75, 3.05) is 19.0 Å². The van der Waals surface area contributed by atoms with Gasteiger partial charge in [-0.2, -0.15) is 0 Å². The van der Waals surface area contributed by atoms with Crippen LogP contribution in [0.25, 0.3) is 0 Å². The first kappa shape index (κ1) is 16.4. The molecule has 2 rings (SSSR count). The molecule has 2 aromatic rings. The molecule has 0 atom stereocenters. The molecule has 0 fully saturated rings. The van der Waals surface area contributed by atoms with Gasteiger partial charge in [0.05, 0.1) is 6.54 Å². The Hall–Kier alpha value is -2.00. The standard InChI is InChI=1S/C13H19N5O3S/c1-8-6-12(18(4)5)16-11(15-8)7-14-22(19,20)13-9(2)17-21-10(13)3/h6,14H,7H2,1-5H3. The maximum atomic E-state index is 12.3. The molecule has 0 unspecified atom stereocenters. The van der Waals surface area contributed by atoms with E-state index >= 15 is 0 Å². The molecule has 8 nitrogen and oxygen atoms in total. The smallest absolute Gasteiger partial charge is 0.246 e. The number of hydrogen-bond acceptors (Lipinski definition) is 7. The minimum absolute atomic E-state index is 0.00505. The summed E-state index contributed by atoms with van der Waals surface area (Å²) in [6.45, 7) is 4.97. The van der Waals surface area contributed by atoms with Gasteiger partial charge >= 0.3 is 0 Å². The van der Waals surface area contributed by atoms with Crippen LogP contribution >= 0.6 is 0 Å². The van der Waals surface area contributed by atoms with Crippen molar-refractivity contribution in [1.29, 1.82) is 0 Å². The Kier molecular flexibility index (Phi) is 4.47. The number of hydrogen-bond donors (Lipinski definition) is 1. The second-order valence-electron chi connectivity index (χ2n) is 5.16. The Morgan fingerprint density at radius 2 is 1.91 bits per heavy atom. The Balaban J connectivity index is 2.23. The predicted octanol–water partition coefficient (Wildman–Crippen LogP) is 0.934. The molecule has 120 valence electrons. The molecule has 0 aromatic carbocycles. The molecule has 2 heterocycles. The lowest BCUT2D eigenvalue weighted by Crippen LogP contribution is -2.26. The summed E-state index contributed by atoms with van der Waals surface area (Å²) in [4.78, 5) is 10.5. The van der Waals surface area contributed by atoms with Crippen LogP contribution in [0.2, 0.25) is 0 Å². The van der Waals surface area contributed by atoms with Gasteiger partial charge in [0, 0.05) is 25.9 Å². The predicted molar refractivity (Wildman–Crippen MR) is 81.1 cm³/mol. The third kappa shape index (κ3) is 3.42. The topological polar surface area (TPSA) is 101 Å². The van der Waals surface area contributed by atoms with E-state index in [9.17, 15) is 8.42 Å². The summed E-state index contributed by atoms with van der Waals surface area (Å²) in [5, 5.41) is 3.66. The number of rotatable bonds is 5. The average Bonchev–Trinajstić information content (AvgIpc) is 2.76. The van der Waals surface area contributed by atoms with E-state index in [-0.39, 0.29) is 17.2 Å². The molecule has 0 aliphatic rings. The molecule has 0 amide bonds. The van der Waals surface area contributed by atoms with Crippen LogP contribution in [0.1, 0.15) is 23.0 Å². The molecule has 0 radical (unpaired) electrons. The summed E-state index contributed by atoms with van der Waals surface area (Å²) < 4.78 is 32.0. The van der Waals surface area contributed by atoms with Crippen molar-refractivity contribution in [3.05, 3.63) is 29.0 Å². The molecular formula is C13H19N5O3S. The van der Waals surface area contributed by atoms with Crippen LogP contribution in [-0.2, 0) is 16.6 Å². The molecule has 0 aliphatic carbocycles. The summed E-state index contributed by atoms with van der Waals surface area (Å²) >= 11 is 0. The van der Waals surface area contributed by atoms with Gasteiger partial charge < -0.3 is 9.42 Å². The van der Waals surface area contributed by atoms with E-state index in [1.807, 2.05) is 32.0 Å². The lowest BCUT2D eigenvalue weighted by molar-refractivity contribution is 0.390. The highest BCUT2D eigenvalue weighted by molar-refractivity contribution is 7.89. The van der Waals surface area contributed by atoms with Gasteiger partial charge in [0.15, 0.2) is 5.76 Å². The summed E-state index contributed by atoms with van der Waals surface area (Å²) in [6, 6.07) is 1.83. The molecule has 0 saturated carbocycles. The van der Waals surface area contributed by atoms with Crippen molar-refractivity contribution in [2.45, 2.75) is 32.2 Å². The van der Waals surface area contributed by atoms with E-state index in [2.05, 4.69) is 19.8 Å². The fraction of sp³-hybridized carbons (Fsp3) is 0.462. The van der Waals surface area contributed by atoms with E-state index in [1.54, 1.807) is 13.8 Å². The summed E-state index contributed by atoms with van der Waals surface area (Å²) in [5.41, 5.74) is 1.09. The van der Waals surface area contributed by atoms with Crippen LogP contribution in [0, 0.1) is 20.8 Å². The van der Waals surface area contributed by atoms with Gasteiger partial charge in [0.25, 0.3) is 0 Å². The molecule has 0 bridgehead atoms. The van der Waals surface area contributed by atoms with E-state index < -0.39 is 10.0 Å². The third-order valence-corrected chi connectivity index (χ3v) is 4.65. The zero-order valence-electron chi connectivity index (χ0n) is 13.2. The maximum Gasteiger partial charge on any atom is 0.246 e. The minimum Gasteiger partial charge on any atom is -0.363 e. The van der Waals surface area contributed by atoms with E-state index in [0.717, 1.165) is 11.5 Å². The highest BCUT2D eigenvalue weighted by Crippen LogP contribution is 2.18. The Morgan fingerprint density at radius 1 is 1.23 bits per heavy atom. The van der Waals surface area contributed by atoms with Crippen molar-refractivity contribution in [2.24, 2.45) is 0 Å². The Bertz CT molecular complexity index is 763. The molecular weight excluding hydrogens is 306 g/mol. The van der Waals surface area contributed by atoms with Gasteiger partial charge in [-0.25, -0.2) is 23.1 Å². The fourth-order valence-corrected chi connectivity index (χ4v) is 3.32. The first-order chi connectivity index (χ1) is 10.2. The highest BCUT2D eigenvalue weighted by atomic mass is 32.2. The largest absolute Gasteiger partial charge is 0.363 e. The molecule has 9 heteroatoms. The van der Waals surface area contributed by atoms with Crippen molar-refractivity contribution >= 4 is 15.8 Å². The minimum atomic E-state index is -3.72. The van der Waals surface area contributed by atoms with Gasteiger partial charge in [-0.1, -0.05) is 5.16 Å². The van der Waals surface area contributed by atoms with Crippen LogP contribution in [0.4, 0.5) is 5.82 Å². The van der Waals surface area contributed by atoms with E-state index in [0.29, 0.717) is 11.5 Å². The monoisotopic (exact) mass is 325 g/mol. The quantitative estimate of drug-likeness (QED) is 0.872. The van der Waals surface area contributed by atoms with Gasteiger partial charge in [-0.05, 0) is 20.8 Å². The number of anilines is 1. The highest BCUT2D eigenvalue weighted by Gasteiger charge is 2.24. The Labute approximate surface area is 129 Å². The van der Waals surface area contributed by atoms with Gasteiger partial charge in [-0.15, -0.1) is 0 Å². The van der Waals surface area contributed by atoms with Crippen LogP contribution in [0.15, 0.2) is 15.5 Å². The van der Waals surface area contributed by atoms with E-state index in [1.165, 1.54) is 0 Å². The van der Waals surface area contributed by atoms with Crippen LogP contribution < -0.4 is 9.62 Å². The first-order valence-corrected chi connectivity index (χ1v) is 8.13. The van der Waals surface area contributed by atoms with Crippen molar-refractivity contribution < 1.29 is 12.9 Å². The number of aryl methyl sites for hydroxylation is 3. The molecule has 0 spiro atoms. The SMILES string of the molecule is Cc1cc(N(C)C)nc(CNS(=O)(=O)c2c(C)noc2C)n1. The van der Waals surface area contributed by atoms with E-state index in [4.69, 9.17) is 4.52 Å². The molecule has 0 aliphatic heterocycles. The summed E-state index contributed by atoms with van der Waals surface area (Å²) in [6.07, 6.45) is 0. The van der Waals surface area contributed by atoms with Crippen LogP contribution in [-0.4, -0.2) is 37.6 Å². The zero-order valence-corrected chi connectivity index (χ0v) is 14.0. The van der Waals surface area contributed by atoms with Gasteiger partial charge in [0.2, 0.25) is 10.0 Å². The normalized spacial score (nSPS) is 11.7. The van der Waals surface area contributed by atoms with Crippen molar-refractivity contribution in [1.82, 2.24) is 19.8 Å².